The average Bonchev–Trinajstić information content (AvgIpc) is 2.54. The highest BCUT2D eigenvalue weighted by Crippen LogP contribution is 2.17. The molecule has 2 aromatic carbocycles. The van der Waals surface area contributed by atoms with Gasteiger partial charge in [0.25, 0.3) is 5.69 Å². The molecular weight excluding hydrogens is 286 g/mol. The molecule has 0 aliphatic heterocycles. The van der Waals surface area contributed by atoms with Crippen molar-refractivity contribution in [2.45, 2.75) is 0 Å². The van der Waals surface area contributed by atoms with Crippen molar-refractivity contribution in [1.29, 1.82) is 0 Å². The Kier molecular flexibility index (Phi) is 5.25. The third-order valence-corrected chi connectivity index (χ3v) is 2.69. The van der Waals surface area contributed by atoms with E-state index in [4.69, 9.17) is 9.47 Å². The Morgan fingerprint density at radius 3 is 2.41 bits per heavy atom. The first-order chi connectivity index (χ1) is 10.6. The van der Waals surface area contributed by atoms with Gasteiger partial charge in [-0.3, -0.25) is 10.1 Å². The van der Waals surface area contributed by atoms with E-state index in [1.165, 1.54) is 30.3 Å². The van der Waals surface area contributed by atoms with Gasteiger partial charge in [-0.2, -0.15) is 0 Å². The molecule has 0 saturated carbocycles. The fourth-order valence-electron chi connectivity index (χ4n) is 1.60. The van der Waals surface area contributed by atoms with Crippen LogP contribution in [0.5, 0.6) is 5.75 Å². The molecule has 0 aliphatic carbocycles. The van der Waals surface area contributed by atoms with Gasteiger partial charge >= 0.3 is 5.97 Å². The van der Waals surface area contributed by atoms with Gasteiger partial charge in [-0.25, -0.2) is 4.79 Å². The molecule has 0 aromatic heterocycles. The maximum absolute atomic E-state index is 11.5. The number of carbonyl (C=O) groups is 1. The molecule has 2 rings (SSSR count). The molecule has 22 heavy (non-hydrogen) atoms. The first-order valence-corrected chi connectivity index (χ1v) is 6.42. The van der Waals surface area contributed by atoms with Crippen molar-refractivity contribution in [2.24, 2.45) is 0 Å². The molecule has 0 N–H and O–H groups in total. The van der Waals surface area contributed by atoms with Gasteiger partial charge in [-0.15, -0.1) is 0 Å². The lowest BCUT2D eigenvalue weighted by atomic mass is 10.2. The molecule has 6 nitrogen and oxygen atoms in total. The molecule has 0 aliphatic rings. The fourth-order valence-corrected chi connectivity index (χ4v) is 1.60. The largest absolute Gasteiger partial charge is 0.457 e. The highest BCUT2D eigenvalue weighted by molar-refractivity contribution is 5.86. The molecule has 2 aromatic rings. The number of nitro benzene ring substituents is 1. The topological polar surface area (TPSA) is 78.7 Å². The third kappa shape index (κ3) is 4.75. The van der Waals surface area contributed by atoms with E-state index >= 15 is 0 Å². The summed E-state index contributed by atoms with van der Waals surface area (Å²) in [7, 11) is 0. The highest BCUT2D eigenvalue weighted by Gasteiger charge is 2.04. The molecule has 0 unspecified atom stereocenters. The molecule has 112 valence electrons. The smallest absolute Gasteiger partial charge is 0.333 e. The summed E-state index contributed by atoms with van der Waals surface area (Å²) in [6, 6.07) is 14.8. The van der Waals surface area contributed by atoms with Gasteiger partial charge in [0.15, 0.2) is 0 Å². The molecule has 0 amide bonds. The van der Waals surface area contributed by atoms with Crippen molar-refractivity contribution in [3.05, 3.63) is 76.4 Å². The van der Waals surface area contributed by atoms with Gasteiger partial charge < -0.3 is 9.47 Å². The van der Waals surface area contributed by atoms with E-state index in [1.807, 2.05) is 30.3 Å². The maximum Gasteiger partial charge on any atom is 0.333 e. The van der Waals surface area contributed by atoms with E-state index in [2.05, 4.69) is 0 Å². The number of esters is 1. The molecule has 0 spiro atoms. The van der Waals surface area contributed by atoms with Crippen molar-refractivity contribution in [3.63, 3.8) is 0 Å². The van der Waals surface area contributed by atoms with E-state index in [0.717, 1.165) is 5.56 Å². The van der Waals surface area contributed by atoms with Crippen molar-refractivity contribution in [2.75, 3.05) is 6.79 Å². The van der Waals surface area contributed by atoms with Crippen LogP contribution >= 0.6 is 0 Å². The van der Waals surface area contributed by atoms with Crippen LogP contribution in [0.4, 0.5) is 5.69 Å². The molecule has 0 heterocycles. The predicted octanol–water partition coefficient (Wildman–Crippen LogP) is 3.19. The predicted molar refractivity (Wildman–Crippen MR) is 80.2 cm³/mol. The van der Waals surface area contributed by atoms with Crippen LogP contribution in [0.25, 0.3) is 6.08 Å². The van der Waals surface area contributed by atoms with Gasteiger partial charge in [0.1, 0.15) is 5.75 Å². The Morgan fingerprint density at radius 1 is 1.09 bits per heavy atom. The lowest BCUT2D eigenvalue weighted by Gasteiger charge is -2.05. The molecule has 0 fully saturated rings. The van der Waals surface area contributed by atoms with Gasteiger partial charge in [0, 0.05) is 18.2 Å². The summed E-state index contributed by atoms with van der Waals surface area (Å²) in [6.07, 6.45) is 2.93. The van der Waals surface area contributed by atoms with Gasteiger partial charge in [-0.1, -0.05) is 30.3 Å². The Morgan fingerprint density at radius 2 is 1.77 bits per heavy atom. The number of benzene rings is 2. The average molecular weight is 299 g/mol. The second-order valence-electron chi connectivity index (χ2n) is 4.22. The summed E-state index contributed by atoms with van der Waals surface area (Å²) in [5, 5.41) is 10.5. The van der Waals surface area contributed by atoms with Crippen LogP contribution in [0.15, 0.2) is 60.7 Å². The van der Waals surface area contributed by atoms with E-state index in [-0.39, 0.29) is 12.5 Å². The number of carbonyl (C=O) groups excluding carboxylic acids is 1. The normalized spacial score (nSPS) is 10.4. The number of ether oxygens (including phenoxy) is 2. The summed E-state index contributed by atoms with van der Waals surface area (Å²) < 4.78 is 10.0. The van der Waals surface area contributed by atoms with E-state index in [0.29, 0.717) is 5.75 Å². The van der Waals surface area contributed by atoms with Gasteiger partial charge in [0.2, 0.25) is 6.79 Å². The highest BCUT2D eigenvalue weighted by atomic mass is 16.7. The first-order valence-electron chi connectivity index (χ1n) is 6.42. The number of rotatable bonds is 6. The van der Waals surface area contributed by atoms with Crippen LogP contribution in [-0.4, -0.2) is 17.7 Å². The van der Waals surface area contributed by atoms with Crippen LogP contribution < -0.4 is 4.74 Å². The van der Waals surface area contributed by atoms with Gasteiger partial charge in [-0.05, 0) is 23.8 Å². The third-order valence-electron chi connectivity index (χ3n) is 2.69. The number of hydrogen-bond donors (Lipinski definition) is 0. The van der Waals surface area contributed by atoms with E-state index in [9.17, 15) is 14.9 Å². The van der Waals surface area contributed by atoms with Crippen molar-refractivity contribution in [3.8, 4) is 5.75 Å². The summed E-state index contributed by atoms with van der Waals surface area (Å²) in [6.45, 7) is -0.268. The Labute approximate surface area is 126 Å². The van der Waals surface area contributed by atoms with E-state index in [1.54, 1.807) is 6.08 Å². The molecule has 0 bridgehead atoms. The quantitative estimate of drug-likeness (QED) is 0.269. The van der Waals surface area contributed by atoms with Gasteiger partial charge in [0.05, 0.1) is 4.92 Å². The van der Waals surface area contributed by atoms with Crippen molar-refractivity contribution >= 4 is 17.7 Å². The van der Waals surface area contributed by atoms with E-state index < -0.39 is 10.9 Å². The van der Waals surface area contributed by atoms with Crippen LogP contribution in [-0.2, 0) is 9.53 Å². The van der Waals surface area contributed by atoms with Crippen LogP contribution in [0.3, 0.4) is 0 Å². The Bertz CT molecular complexity index is 665. The monoisotopic (exact) mass is 299 g/mol. The minimum atomic E-state index is -0.536. The summed E-state index contributed by atoms with van der Waals surface area (Å²) in [4.78, 5) is 21.5. The second-order valence-corrected chi connectivity index (χ2v) is 4.22. The lowest BCUT2D eigenvalue weighted by molar-refractivity contribution is -0.384. The number of nitrogens with zero attached hydrogens (tertiary/aromatic N) is 1. The molecular formula is C16H13NO5. The second kappa shape index (κ2) is 7.58. The molecule has 0 radical (unpaired) electrons. The lowest BCUT2D eigenvalue weighted by Crippen LogP contribution is -2.07. The van der Waals surface area contributed by atoms with Crippen LogP contribution in [0.2, 0.25) is 0 Å². The fraction of sp³-hybridized carbons (Fsp3) is 0.0625. The van der Waals surface area contributed by atoms with Crippen molar-refractivity contribution in [1.82, 2.24) is 0 Å². The standard InChI is InChI=1S/C16H13NO5/c18-16(11-6-13-4-2-1-3-5-13)22-12-21-15-9-7-14(8-10-15)17(19)20/h1-11H,12H2/b11-6+. The van der Waals surface area contributed by atoms with Crippen molar-refractivity contribution < 1.29 is 19.2 Å². The zero-order valence-electron chi connectivity index (χ0n) is 11.5. The first kappa shape index (κ1) is 15.2. The van der Waals surface area contributed by atoms with Crippen LogP contribution in [0, 0.1) is 10.1 Å². The minimum absolute atomic E-state index is 0.0323. The summed E-state index contributed by atoms with van der Waals surface area (Å²) in [5.41, 5.74) is 0.853. The summed E-state index contributed by atoms with van der Waals surface area (Å²) in [5.74, 6) is -0.156. The zero-order valence-corrected chi connectivity index (χ0v) is 11.5. The maximum atomic E-state index is 11.5. The SMILES string of the molecule is O=C(/C=C/c1ccccc1)OCOc1ccc([N+](=O)[O-])cc1. The zero-order chi connectivity index (χ0) is 15.8. The Balaban J connectivity index is 1.77. The molecule has 0 atom stereocenters. The number of hydrogen-bond acceptors (Lipinski definition) is 5. The molecule has 0 saturated heterocycles. The number of non-ortho nitro benzene ring substituents is 1. The summed E-state index contributed by atoms with van der Waals surface area (Å²) >= 11 is 0. The molecule has 6 heteroatoms. The Hall–Kier alpha value is -3.15. The minimum Gasteiger partial charge on any atom is -0.457 e. The number of nitro groups is 1. The van der Waals surface area contributed by atoms with Crippen LogP contribution in [0.1, 0.15) is 5.56 Å².